The van der Waals surface area contributed by atoms with Gasteiger partial charge in [0, 0.05) is 28.7 Å². The van der Waals surface area contributed by atoms with Crippen LogP contribution in [0.5, 0.6) is 11.5 Å². The minimum Gasteiger partial charge on any atom is -0.503 e. The maximum atomic E-state index is 6.59. The number of rotatable bonds is 4. The van der Waals surface area contributed by atoms with E-state index in [0.717, 1.165) is 60.6 Å². The second-order valence-corrected chi connectivity index (χ2v) is 12.6. The van der Waals surface area contributed by atoms with Gasteiger partial charge in [0.25, 0.3) is 0 Å². The van der Waals surface area contributed by atoms with E-state index in [1.807, 2.05) is 42.6 Å². The molecule has 0 saturated carbocycles. The van der Waals surface area contributed by atoms with Crippen LogP contribution in [-0.4, -0.2) is 18.9 Å². The Hall–Kier alpha value is -5.80. The number of pyridine rings is 2. The van der Waals surface area contributed by atoms with E-state index in [1.165, 1.54) is 27.6 Å². The van der Waals surface area contributed by atoms with Gasteiger partial charge in [0.15, 0.2) is 0 Å². The van der Waals surface area contributed by atoms with E-state index in [2.05, 4.69) is 131 Å². The van der Waals surface area contributed by atoms with Crippen molar-refractivity contribution in [3.8, 4) is 28.4 Å². The predicted molar refractivity (Wildman–Crippen MR) is 199 cm³/mol. The third-order valence-electron chi connectivity index (χ3n) is 9.66. The third-order valence-corrected chi connectivity index (χ3v) is 9.66. The van der Waals surface area contributed by atoms with Gasteiger partial charge < -0.3 is 13.7 Å². The van der Waals surface area contributed by atoms with Gasteiger partial charge in [-0.2, -0.15) is 6.07 Å². The first-order valence-corrected chi connectivity index (χ1v) is 16.4. The zero-order valence-corrected chi connectivity index (χ0v) is 28.8. The monoisotopic (exact) mass is 734 g/mol. The molecule has 5 nitrogen and oxygen atoms in total. The summed E-state index contributed by atoms with van der Waals surface area (Å²) in [6, 6.07) is 51.2. The smallest absolute Gasteiger partial charge is 0.503 e. The number of ether oxygens (including phenoxy) is 1. The molecule has 0 saturated heterocycles. The molecule has 0 amide bonds. The molecule has 0 fully saturated rings. The molecular formula is C44H28N4OPd. The van der Waals surface area contributed by atoms with Crippen molar-refractivity contribution in [3.63, 3.8) is 0 Å². The summed E-state index contributed by atoms with van der Waals surface area (Å²) >= 11 is 0. The average Bonchev–Trinajstić information content (AvgIpc) is 3.68. The first-order valence-electron chi connectivity index (χ1n) is 16.4. The summed E-state index contributed by atoms with van der Waals surface area (Å²) in [6.07, 6.45) is 1.82. The first-order chi connectivity index (χ1) is 24.1. The van der Waals surface area contributed by atoms with Crippen molar-refractivity contribution in [2.75, 3.05) is 0 Å². The molecular weight excluding hydrogens is 707 g/mol. The topological polar surface area (TPSA) is 44.3 Å². The van der Waals surface area contributed by atoms with Gasteiger partial charge in [-0.3, -0.25) is 4.98 Å². The maximum Gasteiger partial charge on any atom is 2.00 e. The standard InChI is InChI=1S/C44H28N4O.Pd/c1-27-11-9-12-28(2)42(27)34-14-10-18-39-43(34)33-23-21-29(25-35(33)44-46-36-15-4-6-17-38(36)48(39)44)49-30-20-22-32-31-13-3-5-16-37(31)47(40(32)26-30)41-19-7-8-24-45-41;/h3-24H,1-2H3;/q-2;+2. The SMILES string of the molecule is Cc1cccc(C)c1-c1cccc2c1c1ccc(Oc3[c-]c4c(cc3)c3ccccc3n4-c3ccccn3)[c-]c1c1nc3ccccc3n21.[Pd+2]. The Bertz CT molecular complexity index is 2920. The van der Waals surface area contributed by atoms with Crippen LogP contribution in [0.4, 0.5) is 0 Å². The fourth-order valence-electron chi connectivity index (χ4n) is 7.59. The zero-order chi connectivity index (χ0) is 32.6. The van der Waals surface area contributed by atoms with Gasteiger partial charge >= 0.3 is 20.4 Å². The summed E-state index contributed by atoms with van der Waals surface area (Å²) in [4.78, 5) is 9.82. The second kappa shape index (κ2) is 11.7. The van der Waals surface area contributed by atoms with E-state index >= 15 is 0 Å². The van der Waals surface area contributed by atoms with Crippen molar-refractivity contribution in [1.82, 2.24) is 18.9 Å². The summed E-state index contributed by atoms with van der Waals surface area (Å²) in [6.45, 7) is 4.38. The summed E-state index contributed by atoms with van der Waals surface area (Å²) < 4.78 is 11.0. The van der Waals surface area contributed by atoms with Gasteiger partial charge in [-0.1, -0.05) is 89.1 Å². The van der Waals surface area contributed by atoms with E-state index in [9.17, 15) is 0 Å². The Kier molecular flexibility index (Phi) is 7.07. The molecule has 0 aliphatic rings. The van der Waals surface area contributed by atoms with Crippen LogP contribution in [-0.2, 0) is 20.4 Å². The number of aromatic nitrogens is 4. The van der Waals surface area contributed by atoms with Crippen LogP contribution in [0.15, 0.2) is 134 Å². The maximum absolute atomic E-state index is 6.59. The Morgan fingerprint density at radius 1 is 0.600 bits per heavy atom. The molecule has 0 atom stereocenters. The summed E-state index contributed by atoms with van der Waals surface area (Å²) in [7, 11) is 0. The minimum absolute atomic E-state index is 0. The molecule has 0 radical (unpaired) electrons. The summed E-state index contributed by atoms with van der Waals surface area (Å²) in [5.41, 5.74) is 10.9. The molecule has 10 aromatic rings. The minimum atomic E-state index is 0. The number of fused-ring (bicyclic) bond motifs is 11. The van der Waals surface area contributed by atoms with Crippen LogP contribution in [0.25, 0.3) is 77.1 Å². The molecule has 0 aliphatic carbocycles. The normalized spacial score (nSPS) is 11.6. The summed E-state index contributed by atoms with van der Waals surface area (Å²) in [5.74, 6) is 2.03. The van der Waals surface area contributed by atoms with Crippen LogP contribution >= 0.6 is 0 Å². The Labute approximate surface area is 302 Å². The average molecular weight is 735 g/mol. The molecule has 50 heavy (non-hydrogen) atoms. The van der Waals surface area contributed by atoms with E-state index in [0.29, 0.717) is 11.5 Å². The third kappa shape index (κ3) is 4.50. The van der Waals surface area contributed by atoms with E-state index in [1.54, 1.807) is 0 Å². The largest absolute Gasteiger partial charge is 2.00 e. The van der Waals surface area contributed by atoms with E-state index < -0.39 is 0 Å². The van der Waals surface area contributed by atoms with Crippen molar-refractivity contribution in [3.05, 3.63) is 157 Å². The molecule has 4 heterocycles. The molecule has 0 aliphatic heterocycles. The molecule has 4 aromatic heterocycles. The van der Waals surface area contributed by atoms with E-state index in [-0.39, 0.29) is 20.4 Å². The van der Waals surface area contributed by atoms with Gasteiger partial charge in [-0.25, -0.2) is 4.98 Å². The molecule has 6 aromatic carbocycles. The number of hydrogen-bond donors (Lipinski definition) is 0. The molecule has 0 spiro atoms. The van der Waals surface area contributed by atoms with Crippen LogP contribution < -0.4 is 4.74 Å². The number of aryl methyl sites for hydroxylation is 2. The van der Waals surface area contributed by atoms with Gasteiger partial charge in [0.2, 0.25) is 0 Å². The zero-order valence-electron chi connectivity index (χ0n) is 27.2. The van der Waals surface area contributed by atoms with Crippen molar-refractivity contribution >= 4 is 60.2 Å². The van der Waals surface area contributed by atoms with Crippen LogP contribution in [0.2, 0.25) is 0 Å². The van der Waals surface area contributed by atoms with Crippen molar-refractivity contribution < 1.29 is 25.2 Å². The van der Waals surface area contributed by atoms with Crippen LogP contribution in [0.3, 0.4) is 0 Å². The van der Waals surface area contributed by atoms with Gasteiger partial charge in [0.1, 0.15) is 5.82 Å². The first kappa shape index (κ1) is 30.3. The number of nitrogens with zero attached hydrogens (tertiary/aromatic N) is 4. The molecule has 0 unspecified atom stereocenters. The number of imidazole rings is 1. The number of hydrogen-bond acceptors (Lipinski definition) is 3. The van der Waals surface area contributed by atoms with Crippen LogP contribution in [0, 0.1) is 26.0 Å². The van der Waals surface area contributed by atoms with E-state index in [4.69, 9.17) is 9.72 Å². The van der Waals surface area contributed by atoms with Gasteiger partial charge in [-0.05, 0) is 83.3 Å². The fourth-order valence-corrected chi connectivity index (χ4v) is 7.59. The summed E-state index contributed by atoms with van der Waals surface area (Å²) in [5, 5.41) is 5.39. The predicted octanol–water partition coefficient (Wildman–Crippen LogP) is 11.0. The molecule has 6 heteroatoms. The molecule has 10 rings (SSSR count). The fraction of sp³-hybridized carbons (Fsp3) is 0.0455. The number of para-hydroxylation sites is 3. The van der Waals surface area contributed by atoms with Gasteiger partial charge in [0.05, 0.1) is 16.7 Å². The second-order valence-electron chi connectivity index (χ2n) is 12.6. The quantitative estimate of drug-likeness (QED) is 0.103. The van der Waals surface area contributed by atoms with Crippen molar-refractivity contribution in [1.29, 1.82) is 0 Å². The van der Waals surface area contributed by atoms with Gasteiger partial charge in [-0.15, -0.1) is 29.7 Å². The Balaban J connectivity index is 0.00000336. The molecule has 240 valence electrons. The molecule has 0 bridgehead atoms. The van der Waals surface area contributed by atoms with Crippen molar-refractivity contribution in [2.45, 2.75) is 13.8 Å². The number of benzene rings is 6. The van der Waals surface area contributed by atoms with Crippen molar-refractivity contribution in [2.24, 2.45) is 0 Å². The Morgan fingerprint density at radius 2 is 1.30 bits per heavy atom. The Morgan fingerprint density at radius 3 is 2.12 bits per heavy atom. The molecule has 0 N–H and O–H groups in total. The van der Waals surface area contributed by atoms with Crippen LogP contribution in [0.1, 0.15) is 11.1 Å².